The van der Waals surface area contributed by atoms with E-state index in [1.54, 1.807) is 18.1 Å². The Kier molecular flexibility index (Phi) is 7.12. The summed E-state index contributed by atoms with van der Waals surface area (Å²) in [6.45, 7) is 2.29. The Morgan fingerprint density at radius 3 is 2.48 bits per heavy atom. The van der Waals surface area contributed by atoms with E-state index in [0.29, 0.717) is 51.0 Å². The van der Waals surface area contributed by atoms with Crippen LogP contribution in [0.5, 0.6) is 5.75 Å². The number of nitrogens with zero attached hydrogens (tertiary/aromatic N) is 2. The Morgan fingerprint density at radius 1 is 1.06 bits per heavy atom. The molecular formula is C25H30N4O4. The summed E-state index contributed by atoms with van der Waals surface area (Å²) < 4.78 is 5.14. The molecule has 0 spiro atoms. The summed E-state index contributed by atoms with van der Waals surface area (Å²) in [5.74, 6) is 0.850. The van der Waals surface area contributed by atoms with Crippen LogP contribution in [0, 0.1) is 0 Å². The number of amides is 4. The highest BCUT2D eigenvalue weighted by atomic mass is 16.5. The third kappa shape index (κ3) is 5.63. The molecule has 0 radical (unpaired) electrons. The van der Waals surface area contributed by atoms with Gasteiger partial charge in [0.05, 0.1) is 7.11 Å². The van der Waals surface area contributed by atoms with E-state index in [0.717, 1.165) is 23.4 Å². The van der Waals surface area contributed by atoms with Crippen LogP contribution in [0.2, 0.25) is 0 Å². The molecule has 174 valence electrons. The quantitative estimate of drug-likeness (QED) is 0.708. The minimum atomic E-state index is -0.210. The van der Waals surface area contributed by atoms with Crippen LogP contribution >= 0.6 is 0 Å². The Bertz CT molecular complexity index is 1000. The van der Waals surface area contributed by atoms with Crippen molar-refractivity contribution >= 4 is 23.5 Å². The topological polar surface area (TPSA) is 91.0 Å². The smallest absolute Gasteiger partial charge is 0.315 e. The van der Waals surface area contributed by atoms with Crippen molar-refractivity contribution in [1.82, 2.24) is 15.5 Å². The summed E-state index contributed by atoms with van der Waals surface area (Å²) in [5.41, 5.74) is 2.37. The van der Waals surface area contributed by atoms with E-state index in [1.165, 1.54) is 0 Å². The second kappa shape index (κ2) is 10.4. The van der Waals surface area contributed by atoms with Gasteiger partial charge >= 0.3 is 6.03 Å². The largest absolute Gasteiger partial charge is 0.497 e. The minimum Gasteiger partial charge on any atom is -0.497 e. The fourth-order valence-electron chi connectivity index (χ4n) is 4.30. The number of methoxy groups -OCH3 is 1. The van der Waals surface area contributed by atoms with Crippen molar-refractivity contribution in [3.8, 4) is 5.75 Å². The molecule has 0 saturated carbocycles. The highest BCUT2D eigenvalue weighted by Crippen LogP contribution is 2.23. The first-order valence-electron chi connectivity index (χ1n) is 11.4. The number of hydrogen-bond donors (Lipinski definition) is 2. The van der Waals surface area contributed by atoms with E-state index in [1.807, 2.05) is 47.4 Å². The molecule has 2 heterocycles. The van der Waals surface area contributed by atoms with Crippen molar-refractivity contribution in [3.63, 3.8) is 0 Å². The van der Waals surface area contributed by atoms with Crippen LogP contribution in [0.1, 0.15) is 41.6 Å². The van der Waals surface area contributed by atoms with Gasteiger partial charge in [-0.1, -0.05) is 18.2 Å². The molecule has 4 amide bonds. The number of ether oxygens (including phenoxy) is 1. The molecule has 0 aliphatic carbocycles. The highest BCUT2D eigenvalue weighted by molar-refractivity contribution is 5.99. The molecule has 2 aromatic carbocycles. The Balaban J connectivity index is 1.24. The average molecular weight is 451 g/mol. The summed E-state index contributed by atoms with van der Waals surface area (Å²) in [7, 11) is 1.62. The lowest BCUT2D eigenvalue weighted by Gasteiger charge is -2.32. The van der Waals surface area contributed by atoms with Gasteiger partial charge in [-0.2, -0.15) is 0 Å². The number of carbonyl (C=O) groups is 3. The second-order valence-corrected chi connectivity index (χ2v) is 8.44. The van der Waals surface area contributed by atoms with Gasteiger partial charge in [-0.05, 0) is 55.2 Å². The van der Waals surface area contributed by atoms with E-state index in [-0.39, 0.29) is 23.9 Å². The first-order valence-corrected chi connectivity index (χ1v) is 11.4. The van der Waals surface area contributed by atoms with Crippen LogP contribution in [0.25, 0.3) is 0 Å². The standard InChI is InChI=1S/C25H30N4O4/c1-33-22-9-7-18(8-10-22)17-26-25(32)27-20-11-14-28(15-12-20)24(31)19-4-2-5-21(16-19)29-13-3-6-23(29)30/h2,4-5,7-10,16,20H,3,6,11-15,17H2,1H3,(H2,26,27,32). The van der Waals surface area contributed by atoms with Gasteiger partial charge in [0.2, 0.25) is 5.91 Å². The van der Waals surface area contributed by atoms with Crippen molar-refractivity contribution in [1.29, 1.82) is 0 Å². The second-order valence-electron chi connectivity index (χ2n) is 8.44. The number of anilines is 1. The number of piperidine rings is 1. The zero-order valence-electron chi connectivity index (χ0n) is 18.9. The van der Waals surface area contributed by atoms with Gasteiger partial charge in [-0.25, -0.2) is 4.79 Å². The summed E-state index contributed by atoms with van der Waals surface area (Å²) in [4.78, 5) is 40.9. The number of carbonyl (C=O) groups excluding carboxylic acids is 3. The third-order valence-corrected chi connectivity index (χ3v) is 6.21. The molecule has 0 unspecified atom stereocenters. The van der Waals surface area contributed by atoms with E-state index < -0.39 is 0 Å². The van der Waals surface area contributed by atoms with Crippen LogP contribution in [-0.4, -0.2) is 55.5 Å². The molecule has 8 heteroatoms. The molecule has 2 saturated heterocycles. The summed E-state index contributed by atoms with van der Waals surface area (Å²) >= 11 is 0. The van der Waals surface area contributed by atoms with Crippen LogP contribution in [-0.2, 0) is 11.3 Å². The summed E-state index contributed by atoms with van der Waals surface area (Å²) in [5, 5.41) is 5.88. The number of nitrogens with one attached hydrogen (secondary N) is 2. The van der Waals surface area contributed by atoms with Crippen molar-refractivity contribution in [2.24, 2.45) is 0 Å². The predicted molar refractivity (Wildman–Crippen MR) is 125 cm³/mol. The molecule has 2 fully saturated rings. The first kappa shape index (κ1) is 22.6. The van der Waals surface area contributed by atoms with Crippen LogP contribution in [0.4, 0.5) is 10.5 Å². The fraction of sp³-hybridized carbons (Fsp3) is 0.400. The zero-order chi connectivity index (χ0) is 23.2. The first-order chi connectivity index (χ1) is 16.0. The van der Waals surface area contributed by atoms with Gasteiger partial charge in [-0.15, -0.1) is 0 Å². The maximum absolute atomic E-state index is 13.0. The van der Waals surface area contributed by atoms with Crippen molar-refractivity contribution < 1.29 is 19.1 Å². The number of urea groups is 1. The van der Waals surface area contributed by atoms with Gasteiger partial charge in [0, 0.05) is 49.9 Å². The number of rotatable bonds is 6. The fourth-order valence-corrected chi connectivity index (χ4v) is 4.30. The third-order valence-electron chi connectivity index (χ3n) is 6.21. The van der Waals surface area contributed by atoms with Crippen molar-refractivity contribution in [3.05, 3.63) is 59.7 Å². The lowest BCUT2D eigenvalue weighted by molar-refractivity contribution is -0.117. The molecule has 4 rings (SSSR count). The van der Waals surface area contributed by atoms with Crippen molar-refractivity contribution in [2.45, 2.75) is 38.3 Å². The van der Waals surface area contributed by atoms with Crippen LogP contribution < -0.4 is 20.3 Å². The van der Waals surface area contributed by atoms with Gasteiger partial charge in [0.1, 0.15) is 5.75 Å². The SMILES string of the molecule is COc1ccc(CNC(=O)NC2CCN(C(=O)c3cccc(N4CCCC4=O)c3)CC2)cc1. The normalized spacial score (nSPS) is 16.6. The van der Waals surface area contributed by atoms with Crippen LogP contribution in [0.15, 0.2) is 48.5 Å². The Labute approximate surface area is 193 Å². The van der Waals surface area contributed by atoms with Crippen molar-refractivity contribution in [2.75, 3.05) is 31.6 Å². The minimum absolute atomic E-state index is 0.0264. The van der Waals surface area contributed by atoms with E-state index in [9.17, 15) is 14.4 Å². The van der Waals surface area contributed by atoms with Gasteiger partial charge in [-0.3, -0.25) is 9.59 Å². The molecule has 33 heavy (non-hydrogen) atoms. The number of likely N-dealkylation sites (tertiary alicyclic amines) is 1. The highest BCUT2D eigenvalue weighted by Gasteiger charge is 2.26. The predicted octanol–water partition coefficient (Wildman–Crippen LogP) is 2.93. The van der Waals surface area contributed by atoms with E-state index in [4.69, 9.17) is 4.74 Å². The molecular weight excluding hydrogens is 420 g/mol. The molecule has 2 aliphatic heterocycles. The van der Waals surface area contributed by atoms with Gasteiger partial charge in [0.25, 0.3) is 5.91 Å². The molecule has 8 nitrogen and oxygen atoms in total. The monoisotopic (exact) mass is 450 g/mol. The number of hydrogen-bond acceptors (Lipinski definition) is 4. The molecule has 0 bridgehead atoms. The molecule has 2 aliphatic rings. The summed E-state index contributed by atoms with van der Waals surface area (Å²) in [6.07, 6.45) is 2.82. The molecule has 2 N–H and O–H groups in total. The van der Waals surface area contributed by atoms with E-state index >= 15 is 0 Å². The Morgan fingerprint density at radius 2 is 1.82 bits per heavy atom. The molecule has 0 atom stereocenters. The molecule has 2 aromatic rings. The lowest BCUT2D eigenvalue weighted by Crippen LogP contribution is -2.49. The number of benzene rings is 2. The zero-order valence-corrected chi connectivity index (χ0v) is 18.9. The average Bonchev–Trinajstić information content (AvgIpc) is 3.29. The van der Waals surface area contributed by atoms with Gasteiger partial charge in [0.15, 0.2) is 0 Å². The lowest BCUT2D eigenvalue weighted by atomic mass is 10.0. The summed E-state index contributed by atoms with van der Waals surface area (Å²) in [6, 6.07) is 14.7. The maximum atomic E-state index is 13.0. The van der Waals surface area contributed by atoms with Crippen LogP contribution in [0.3, 0.4) is 0 Å². The Hall–Kier alpha value is -3.55. The molecule has 0 aromatic heterocycles. The van der Waals surface area contributed by atoms with E-state index in [2.05, 4.69) is 10.6 Å². The van der Waals surface area contributed by atoms with Gasteiger partial charge < -0.3 is 25.2 Å². The maximum Gasteiger partial charge on any atom is 0.315 e.